The van der Waals surface area contributed by atoms with Gasteiger partial charge in [0.2, 0.25) is 0 Å². The summed E-state index contributed by atoms with van der Waals surface area (Å²) >= 11 is 5.36. The van der Waals surface area contributed by atoms with E-state index in [1.165, 1.54) is 12.0 Å². The molecule has 2 N–H and O–H groups in total. The minimum absolute atomic E-state index is 0.00881. The summed E-state index contributed by atoms with van der Waals surface area (Å²) in [4.78, 5) is 27.8. The summed E-state index contributed by atoms with van der Waals surface area (Å²) in [5, 5.41) is 12.8. The highest BCUT2D eigenvalue weighted by atomic mass is 32.1. The van der Waals surface area contributed by atoms with Crippen molar-refractivity contribution in [2.24, 2.45) is 0 Å². The Balaban J connectivity index is 1.62. The Morgan fingerprint density at radius 3 is 2.38 bits per heavy atom. The molecule has 7 nitrogen and oxygen atoms in total. The SMILES string of the molecule is CCCCCC(=C\c1ccc(OC)c(O)c1)/C=C1\C(=O)NC(=S)N(c2ccc(Oc3ccccc3)cc2)C1=O. The number of amides is 2. The number of ether oxygens (including phenoxy) is 2. The molecule has 0 bridgehead atoms. The number of methoxy groups -OCH3 is 1. The Morgan fingerprint density at radius 2 is 1.72 bits per heavy atom. The van der Waals surface area contributed by atoms with Gasteiger partial charge in [0.25, 0.3) is 11.8 Å². The van der Waals surface area contributed by atoms with Crippen molar-refractivity contribution in [3.63, 3.8) is 0 Å². The van der Waals surface area contributed by atoms with E-state index in [2.05, 4.69) is 12.2 Å². The van der Waals surface area contributed by atoms with Crippen LogP contribution >= 0.6 is 12.2 Å². The second-order valence-corrected chi connectivity index (χ2v) is 9.36. The molecule has 0 aromatic heterocycles. The topological polar surface area (TPSA) is 88.1 Å². The van der Waals surface area contributed by atoms with E-state index in [9.17, 15) is 14.7 Å². The van der Waals surface area contributed by atoms with Crippen LogP contribution in [0.5, 0.6) is 23.0 Å². The number of hydrogen-bond donors (Lipinski definition) is 2. The first kappa shape index (κ1) is 27.6. The second kappa shape index (κ2) is 12.9. The van der Waals surface area contributed by atoms with Gasteiger partial charge in [0.05, 0.1) is 12.8 Å². The first-order valence-electron chi connectivity index (χ1n) is 12.7. The predicted octanol–water partition coefficient (Wildman–Crippen LogP) is 6.53. The number of hydrogen-bond acceptors (Lipinski definition) is 6. The van der Waals surface area contributed by atoms with Gasteiger partial charge in [-0.15, -0.1) is 0 Å². The highest BCUT2D eigenvalue weighted by molar-refractivity contribution is 7.80. The van der Waals surface area contributed by atoms with E-state index in [-0.39, 0.29) is 16.4 Å². The van der Waals surface area contributed by atoms with E-state index in [1.54, 1.807) is 48.5 Å². The number of phenolic OH excluding ortho intramolecular Hbond substituents is 1. The van der Waals surface area contributed by atoms with Crippen molar-refractivity contribution in [3.8, 4) is 23.0 Å². The highest BCUT2D eigenvalue weighted by Crippen LogP contribution is 2.30. The highest BCUT2D eigenvalue weighted by Gasteiger charge is 2.34. The van der Waals surface area contributed by atoms with Crippen LogP contribution < -0.4 is 19.7 Å². The van der Waals surface area contributed by atoms with E-state index in [0.29, 0.717) is 29.4 Å². The van der Waals surface area contributed by atoms with Gasteiger partial charge >= 0.3 is 0 Å². The molecule has 0 unspecified atom stereocenters. The molecule has 0 atom stereocenters. The zero-order valence-electron chi connectivity index (χ0n) is 21.8. The maximum atomic E-state index is 13.6. The van der Waals surface area contributed by atoms with Crippen molar-refractivity contribution >= 4 is 40.9 Å². The van der Waals surface area contributed by atoms with Crippen LogP contribution in [0.4, 0.5) is 5.69 Å². The molecule has 0 aliphatic carbocycles. The van der Waals surface area contributed by atoms with Gasteiger partial charge in [-0.25, -0.2) is 0 Å². The molecule has 0 radical (unpaired) electrons. The fourth-order valence-corrected chi connectivity index (χ4v) is 4.42. The second-order valence-electron chi connectivity index (χ2n) is 8.97. The van der Waals surface area contributed by atoms with Crippen LogP contribution in [0.1, 0.15) is 38.2 Å². The zero-order valence-corrected chi connectivity index (χ0v) is 22.7. The number of thiocarbonyl (C=S) groups is 1. The Hall–Kier alpha value is -4.43. The van der Waals surface area contributed by atoms with E-state index in [4.69, 9.17) is 21.7 Å². The molecule has 39 heavy (non-hydrogen) atoms. The monoisotopic (exact) mass is 542 g/mol. The molecule has 1 aliphatic heterocycles. The smallest absolute Gasteiger partial charge is 0.270 e. The molecule has 3 aromatic carbocycles. The molecule has 1 fully saturated rings. The minimum Gasteiger partial charge on any atom is -0.504 e. The van der Waals surface area contributed by atoms with Crippen LogP contribution in [0, 0.1) is 0 Å². The van der Waals surface area contributed by atoms with E-state index in [1.807, 2.05) is 36.4 Å². The summed E-state index contributed by atoms with van der Waals surface area (Å²) in [7, 11) is 1.48. The number of allylic oxidation sites excluding steroid dienone is 2. The maximum absolute atomic E-state index is 13.6. The van der Waals surface area contributed by atoms with Gasteiger partial charge in [-0.1, -0.05) is 50.1 Å². The van der Waals surface area contributed by atoms with Crippen LogP contribution in [0.2, 0.25) is 0 Å². The van der Waals surface area contributed by atoms with Crippen molar-refractivity contribution in [1.29, 1.82) is 0 Å². The Kier molecular flexibility index (Phi) is 9.12. The molecule has 0 spiro atoms. The third-order valence-electron chi connectivity index (χ3n) is 6.13. The van der Waals surface area contributed by atoms with Crippen LogP contribution in [0.25, 0.3) is 6.08 Å². The molecule has 2 amide bonds. The number of phenols is 1. The maximum Gasteiger partial charge on any atom is 0.270 e. The largest absolute Gasteiger partial charge is 0.504 e. The molecule has 8 heteroatoms. The molecule has 200 valence electrons. The average Bonchev–Trinajstić information content (AvgIpc) is 2.92. The first-order chi connectivity index (χ1) is 18.9. The van der Waals surface area contributed by atoms with Gasteiger partial charge in [-0.3, -0.25) is 19.8 Å². The van der Waals surface area contributed by atoms with Gasteiger partial charge in [0, 0.05) is 0 Å². The lowest BCUT2D eigenvalue weighted by atomic mass is 10.00. The van der Waals surface area contributed by atoms with E-state index in [0.717, 1.165) is 30.4 Å². The van der Waals surface area contributed by atoms with Crippen molar-refractivity contribution in [3.05, 3.63) is 95.6 Å². The summed E-state index contributed by atoms with van der Waals surface area (Å²) in [6.07, 6.45) is 7.03. The number of carbonyl (C=O) groups is 2. The number of anilines is 1. The fraction of sp³-hybridized carbons (Fsp3) is 0.194. The number of nitrogens with zero attached hydrogens (tertiary/aromatic N) is 1. The predicted molar refractivity (Wildman–Crippen MR) is 156 cm³/mol. The van der Waals surface area contributed by atoms with Gasteiger partial charge in [0.1, 0.15) is 17.1 Å². The van der Waals surface area contributed by atoms with Crippen LogP contribution in [0.15, 0.2) is 90.0 Å². The summed E-state index contributed by atoms with van der Waals surface area (Å²) in [5.74, 6) is 0.603. The fourth-order valence-electron chi connectivity index (χ4n) is 4.14. The number of benzene rings is 3. The molecule has 0 saturated carbocycles. The Morgan fingerprint density at radius 1 is 1.00 bits per heavy atom. The zero-order chi connectivity index (χ0) is 27.8. The number of carbonyl (C=O) groups excluding carboxylic acids is 2. The quantitative estimate of drug-likeness (QED) is 0.131. The average molecular weight is 543 g/mol. The molecule has 3 aromatic rings. The Labute approximate surface area is 233 Å². The number of rotatable bonds is 10. The van der Waals surface area contributed by atoms with Crippen LogP contribution in [0.3, 0.4) is 0 Å². The summed E-state index contributed by atoms with van der Waals surface area (Å²) in [5.41, 5.74) is 1.99. The standard InChI is InChI=1S/C31H30N2O5S/c1-3-4-6-9-21(18-22-12-17-28(37-2)27(34)20-22)19-26-29(35)32-31(39)33(30(26)36)23-13-15-25(16-14-23)38-24-10-7-5-8-11-24/h5,7-8,10-20,34H,3-4,6,9H2,1-2H3,(H,32,35,39)/b21-18+,26-19+. The summed E-state index contributed by atoms with van der Waals surface area (Å²) in [6, 6.07) is 21.3. The summed E-state index contributed by atoms with van der Waals surface area (Å²) < 4.78 is 11.0. The number of nitrogens with one attached hydrogen (secondary N) is 1. The third-order valence-corrected chi connectivity index (χ3v) is 6.41. The lowest BCUT2D eigenvalue weighted by Crippen LogP contribution is -2.54. The van der Waals surface area contributed by atoms with Crippen molar-refractivity contribution in [1.82, 2.24) is 5.32 Å². The lowest BCUT2D eigenvalue weighted by Gasteiger charge is -2.29. The van der Waals surface area contributed by atoms with Crippen LogP contribution in [-0.2, 0) is 9.59 Å². The van der Waals surface area contributed by atoms with Crippen LogP contribution in [-0.4, -0.2) is 29.1 Å². The van der Waals surface area contributed by atoms with Gasteiger partial charge in [0.15, 0.2) is 16.6 Å². The molecule has 1 saturated heterocycles. The molecule has 1 aliphatic rings. The minimum atomic E-state index is -0.552. The molecular formula is C31H30N2O5S. The number of unbranched alkanes of at least 4 members (excludes halogenated alkanes) is 2. The van der Waals surface area contributed by atoms with Gasteiger partial charge in [-0.05, 0) is 90.8 Å². The van der Waals surface area contributed by atoms with Crippen molar-refractivity contribution in [2.45, 2.75) is 32.6 Å². The number of para-hydroxylation sites is 1. The normalized spacial score (nSPS) is 14.9. The molecule has 4 rings (SSSR count). The van der Waals surface area contributed by atoms with Crippen molar-refractivity contribution < 1.29 is 24.2 Å². The molecular weight excluding hydrogens is 512 g/mol. The Bertz CT molecular complexity index is 1410. The summed E-state index contributed by atoms with van der Waals surface area (Å²) in [6.45, 7) is 2.11. The van der Waals surface area contributed by atoms with E-state index < -0.39 is 11.8 Å². The first-order valence-corrected chi connectivity index (χ1v) is 13.1. The third kappa shape index (κ3) is 6.91. The molecule has 1 heterocycles. The number of aromatic hydroxyl groups is 1. The lowest BCUT2D eigenvalue weighted by molar-refractivity contribution is -0.122. The van der Waals surface area contributed by atoms with E-state index >= 15 is 0 Å². The van der Waals surface area contributed by atoms with Crippen molar-refractivity contribution in [2.75, 3.05) is 12.0 Å². The van der Waals surface area contributed by atoms with Gasteiger partial charge in [-0.2, -0.15) is 0 Å². The van der Waals surface area contributed by atoms with Gasteiger partial charge < -0.3 is 14.6 Å².